The number of methoxy groups -OCH3 is 2. The first-order valence-electron chi connectivity index (χ1n) is 8.71. The van der Waals surface area contributed by atoms with Crippen molar-refractivity contribution in [2.45, 2.75) is 0 Å². The first kappa shape index (κ1) is 20.7. The van der Waals surface area contributed by atoms with Gasteiger partial charge in [-0.05, 0) is 46.9 Å². The van der Waals surface area contributed by atoms with E-state index in [9.17, 15) is 9.59 Å². The van der Waals surface area contributed by atoms with Gasteiger partial charge in [-0.25, -0.2) is 0 Å². The Morgan fingerprint density at radius 2 is 1.28 bits per heavy atom. The van der Waals surface area contributed by atoms with E-state index in [4.69, 9.17) is 9.47 Å². The molecular formula is C22H19IN2O4. The fraction of sp³-hybridized carbons (Fsp3) is 0.0909. The molecule has 3 aromatic carbocycles. The van der Waals surface area contributed by atoms with Crippen LogP contribution in [0.3, 0.4) is 0 Å². The lowest BCUT2D eigenvalue weighted by Crippen LogP contribution is -2.15. The van der Waals surface area contributed by atoms with E-state index in [0.29, 0.717) is 34.0 Å². The molecule has 3 aromatic rings. The van der Waals surface area contributed by atoms with Crippen molar-refractivity contribution in [2.75, 3.05) is 24.9 Å². The molecule has 0 saturated heterocycles. The van der Waals surface area contributed by atoms with Gasteiger partial charge in [-0.15, -0.1) is 0 Å². The molecule has 0 aliphatic carbocycles. The monoisotopic (exact) mass is 502 g/mol. The second-order valence-corrected chi connectivity index (χ2v) is 7.17. The molecular weight excluding hydrogens is 483 g/mol. The molecule has 0 aromatic heterocycles. The molecule has 0 fully saturated rings. The molecule has 0 aliphatic heterocycles. The highest BCUT2D eigenvalue weighted by atomic mass is 127. The summed E-state index contributed by atoms with van der Waals surface area (Å²) in [5.41, 5.74) is 1.94. The fourth-order valence-electron chi connectivity index (χ4n) is 2.71. The predicted octanol–water partition coefficient (Wildman–Crippen LogP) is 4.81. The Morgan fingerprint density at radius 1 is 0.759 bits per heavy atom. The van der Waals surface area contributed by atoms with Gasteiger partial charge in [-0.1, -0.05) is 30.3 Å². The van der Waals surface area contributed by atoms with E-state index < -0.39 is 0 Å². The van der Waals surface area contributed by atoms with Crippen LogP contribution in [0.2, 0.25) is 0 Å². The highest BCUT2D eigenvalue weighted by Gasteiger charge is 2.17. The van der Waals surface area contributed by atoms with Crippen LogP contribution in [0.5, 0.6) is 11.5 Å². The summed E-state index contributed by atoms with van der Waals surface area (Å²) in [4.78, 5) is 25.2. The third kappa shape index (κ3) is 4.86. The zero-order valence-corrected chi connectivity index (χ0v) is 18.0. The van der Waals surface area contributed by atoms with Crippen molar-refractivity contribution in [1.82, 2.24) is 0 Å². The normalized spacial score (nSPS) is 10.2. The molecule has 7 heteroatoms. The van der Waals surface area contributed by atoms with Crippen LogP contribution in [0.4, 0.5) is 11.4 Å². The van der Waals surface area contributed by atoms with E-state index in [0.717, 1.165) is 3.57 Å². The standard InChI is InChI=1S/C22H19IN2O4/c1-28-19-13-18(25-22(27)15-10-6-7-11-16(15)23)20(29-2)12-17(19)24-21(26)14-8-4-3-5-9-14/h3-13H,1-2H3,(H,24,26)(H,25,27). The predicted molar refractivity (Wildman–Crippen MR) is 121 cm³/mol. The molecule has 0 saturated carbocycles. The van der Waals surface area contributed by atoms with E-state index in [2.05, 4.69) is 33.2 Å². The van der Waals surface area contributed by atoms with Gasteiger partial charge in [-0.3, -0.25) is 9.59 Å². The summed E-state index contributed by atoms with van der Waals surface area (Å²) in [7, 11) is 2.98. The quantitative estimate of drug-likeness (QED) is 0.475. The lowest BCUT2D eigenvalue weighted by atomic mass is 10.1. The molecule has 0 aliphatic rings. The molecule has 0 unspecified atom stereocenters. The highest BCUT2D eigenvalue weighted by molar-refractivity contribution is 14.1. The first-order chi connectivity index (χ1) is 14.0. The van der Waals surface area contributed by atoms with E-state index in [1.807, 2.05) is 18.2 Å². The smallest absolute Gasteiger partial charge is 0.256 e. The topological polar surface area (TPSA) is 76.7 Å². The van der Waals surface area contributed by atoms with Crippen molar-refractivity contribution < 1.29 is 19.1 Å². The number of benzene rings is 3. The third-order valence-electron chi connectivity index (χ3n) is 4.17. The van der Waals surface area contributed by atoms with Crippen LogP contribution in [-0.4, -0.2) is 26.0 Å². The molecule has 0 atom stereocenters. The van der Waals surface area contributed by atoms with Crippen LogP contribution in [-0.2, 0) is 0 Å². The van der Waals surface area contributed by atoms with E-state index in [1.54, 1.807) is 48.5 Å². The maximum atomic E-state index is 12.7. The van der Waals surface area contributed by atoms with Crippen molar-refractivity contribution >= 4 is 45.8 Å². The Bertz CT molecular complexity index is 1040. The van der Waals surface area contributed by atoms with Gasteiger partial charge < -0.3 is 20.1 Å². The first-order valence-corrected chi connectivity index (χ1v) is 9.79. The molecule has 0 bridgehead atoms. The number of nitrogens with one attached hydrogen (secondary N) is 2. The van der Waals surface area contributed by atoms with Crippen molar-refractivity contribution in [1.29, 1.82) is 0 Å². The number of halogens is 1. The van der Waals surface area contributed by atoms with Crippen molar-refractivity contribution in [3.8, 4) is 11.5 Å². The lowest BCUT2D eigenvalue weighted by Gasteiger charge is -2.16. The molecule has 6 nitrogen and oxygen atoms in total. The van der Waals surface area contributed by atoms with Gasteiger partial charge in [0.1, 0.15) is 11.5 Å². The van der Waals surface area contributed by atoms with Gasteiger partial charge in [0.2, 0.25) is 0 Å². The largest absolute Gasteiger partial charge is 0.494 e. The van der Waals surface area contributed by atoms with Gasteiger partial charge in [-0.2, -0.15) is 0 Å². The van der Waals surface area contributed by atoms with Crippen LogP contribution in [0.25, 0.3) is 0 Å². The third-order valence-corrected chi connectivity index (χ3v) is 5.11. The van der Waals surface area contributed by atoms with Gasteiger partial charge in [0.05, 0.1) is 31.2 Å². The minimum atomic E-state index is -0.276. The summed E-state index contributed by atoms with van der Waals surface area (Å²) >= 11 is 2.11. The second-order valence-electron chi connectivity index (χ2n) is 6.01. The number of rotatable bonds is 6. The number of carbonyl (C=O) groups is 2. The van der Waals surface area contributed by atoms with Gasteiger partial charge in [0, 0.05) is 21.3 Å². The van der Waals surface area contributed by atoms with Crippen LogP contribution in [0.15, 0.2) is 66.7 Å². The van der Waals surface area contributed by atoms with Gasteiger partial charge in [0.15, 0.2) is 0 Å². The second kappa shape index (κ2) is 9.42. The van der Waals surface area contributed by atoms with Crippen LogP contribution in [0.1, 0.15) is 20.7 Å². The van der Waals surface area contributed by atoms with Crippen LogP contribution >= 0.6 is 22.6 Å². The minimum Gasteiger partial charge on any atom is -0.494 e. The van der Waals surface area contributed by atoms with Crippen molar-refractivity contribution in [3.05, 3.63) is 81.4 Å². The Labute approximate surface area is 182 Å². The summed E-state index contributed by atoms with van der Waals surface area (Å²) in [5.74, 6) is 0.250. The summed E-state index contributed by atoms with van der Waals surface area (Å²) in [6.07, 6.45) is 0. The number of carbonyl (C=O) groups excluding carboxylic acids is 2. The number of anilines is 2. The Kier molecular flexibility index (Phi) is 6.71. The van der Waals surface area contributed by atoms with E-state index in [1.165, 1.54) is 14.2 Å². The molecule has 0 heterocycles. The fourth-order valence-corrected chi connectivity index (χ4v) is 3.34. The zero-order valence-electron chi connectivity index (χ0n) is 15.9. The molecule has 0 radical (unpaired) electrons. The summed E-state index contributed by atoms with van der Waals surface area (Å²) in [6.45, 7) is 0. The van der Waals surface area contributed by atoms with Crippen LogP contribution in [0, 0.1) is 3.57 Å². The van der Waals surface area contributed by atoms with E-state index >= 15 is 0 Å². The highest BCUT2D eigenvalue weighted by Crippen LogP contribution is 2.37. The number of ether oxygens (including phenoxy) is 2. The average Bonchev–Trinajstić information content (AvgIpc) is 2.75. The molecule has 2 N–H and O–H groups in total. The van der Waals surface area contributed by atoms with Gasteiger partial charge >= 0.3 is 0 Å². The summed E-state index contributed by atoms with van der Waals surface area (Å²) < 4.78 is 11.7. The SMILES string of the molecule is COc1cc(NC(=O)c2ccccc2I)c(OC)cc1NC(=O)c1ccccc1. The van der Waals surface area contributed by atoms with Crippen molar-refractivity contribution in [3.63, 3.8) is 0 Å². The average molecular weight is 502 g/mol. The minimum absolute atomic E-state index is 0.267. The zero-order chi connectivity index (χ0) is 20.8. The molecule has 2 amide bonds. The van der Waals surface area contributed by atoms with Crippen molar-refractivity contribution in [2.24, 2.45) is 0 Å². The maximum absolute atomic E-state index is 12.7. The number of hydrogen-bond donors (Lipinski definition) is 2. The Hall–Kier alpha value is -3.07. The Balaban J connectivity index is 1.89. The maximum Gasteiger partial charge on any atom is 0.256 e. The van der Waals surface area contributed by atoms with Gasteiger partial charge in [0.25, 0.3) is 11.8 Å². The number of amides is 2. The summed E-state index contributed by atoms with van der Waals surface area (Å²) in [6, 6.07) is 19.4. The number of hydrogen-bond acceptors (Lipinski definition) is 4. The molecule has 3 rings (SSSR count). The molecule has 0 spiro atoms. The molecule has 29 heavy (non-hydrogen) atoms. The Morgan fingerprint density at radius 3 is 1.83 bits per heavy atom. The molecule has 148 valence electrons. The summed E-state index contributed by atoms with van der Waals surface area (Å²) in [5, 5.41) is 5.66. The lowest BCUT2D eigenvalue weighted by molar-refractivity contribution is 0.101. The van der Waals surface area contributed by atoms with Crippen LogP contribution < -0.4 is 20.1 Å². The van der Waals surface area contributed by atoms with E-state index in [-0.39, 0.29) is 11.8 Å².